The van der Waals surface area contributed by atoms with Gasteiger partial charge in [-0.1, -0.05) is 46.0 Å². The van der Waals surface area contributed by atoms with Gasteiger partial charge >= 0.3 is 6.09 Å². The molecule has 21 heavy (non-hydrogen) atoms. The average Bonchev–Trinajstić information content (AvgIpc) is 2.50. The Morgan fingerprint density at radius 2 is 1.95 bits per heavy atom. The Bertz CT molecular complexity index is 283. The smallest absolute Gasteiger partial charge is 0.303 e. The van der Waals surface area contributed by atoms with Gasteiger partial charge in [-0.3, -0.25) is 4.89 Å². The van der Waals surface area contributed by atoms with E-state index in [4.69, 9.17) is 9.78 Å². The van der Waals surface area contributed by atoms with Crippen molar-refractivity contribution in [3.8, 4) is 0 Å². The maximum Gasteiger partial charge on any atom is 0.441 e. The molecule has 0 aromatic rings. The second kappa shape index (κ2) is 10.9. The zero-order valence-electron chi connectivity index (χ0n) is 14.1. The highest BCUT2D eigenvalue weighted by molar-refractivity contribution is 5.67. The van der Waals surface area contributed by atoms with Crippen molar-refractivity contribution in [2.45, 2.75) is 97.1 Å². The van der Waals surface area contributed by atoms with E-state index in [1.54, 1.807) is 4.90 Å². The standard InChI is InChI=1S/C17H33NO3/c1-4-6-7-8-9-13-16(5-2)20-21-17(19)18-14-11-10-12-15(18)3/h15-16H,4-14H2,1-3H3. The number of nitrogens with zero attached hydrogens (tertiary/aromatic N) is 1. The molecule has 0 spiro atoms. The van der Waals surface area contributed by atoms with Crippen LogP contribution in [0.15, 0.2) is 0 Å². The first-order valence-electron chi connectivity index (χ1n) is 8.82. The van der Waals surface area contributed by atoms with Gasteiger partial charge in [-0.2, -0.15) is 4.89 Å². The first-order chi connectivity index (χ1) is 10.2. The summed E-state index contributed by atoms with van der Waals surface area (Å²) in [6, 6.07) is 0.268. The van der Waals surface area contributed by atoms with Crippen LogP contribution in [0, 0.1) is 0 Å². The van der Waals surface area contributed by atoms with Crippen molar-refractivity contribution < 1.29 is 14.6 Å². The van der Waals surface area contributed by atoms with Crippen LogP contribution in [0.25, 0.3) is 0 Å². The van der Waals surface area contributed by atoms with Crippen LogP contribution < -0.4 is 0 Å². The van der Waals surface area contributed by atoms with E-state index in [9.17, 15) is 4.79 Å². The number of likely N-dealkylation sites (tertiary alicyclic amines) is 1. The summed E-state index contributed by atoms with van der Waals surface area (Å²) in [5.41, 5.74) is 0. The minimum Gasteiger partial charge on any atom is -0.303 e. The number of carbonyl (C=O) groups is 1. The molecule has 2 unspecified atom stereocenters. The van der Waals surface area contributed by atoms with E-state index in [0.717, 1.165) is 38.6 Å². The minimum atomic E-state index is -0.313. The van der Waals surface area contributed by atoms with Gasteiger partial charge in [0.25, 0.3) is 0 Å². The normalized spacial score (nSPS) is 20.3. The van der Waals surface area contributed by atoms with Gasteiger partial charge in [0.1, 0.15) is 6.10 Å². The van der Waals surface area contributed by atoms with Gasteiger partial charge in [-0.05, 0) is 39.0 Å². The highest BCUT2D eigenvalue weighted by atomic mass is 17.2. The largest absolute Gasteiger partial charge is 0.441 e. The molecule has 2 atom stereocenters. The summed E-state index contributed by atoms with van der Waals surface area (Å²) in [5.74, 6) is 0. The van der Waals surface area contributed by atoms with E-state index in [1.165, 1.54) is 32.1 Å². The number of amides is 1. The van der Waals surface area contributed by atoms with Crippen LogP contribution in [-0.4, -0.2) is 29.7 Å². The summed E-state index contributed by atoms with van der Waals surface area (Å²) >= 11 is 0. The number of carbonyl (C=O) groups excluding carboxylic acids is 1. The Balaban J connectivity index is 2.19. The zero-order valence-corrected chi connectivity index (χ0v) is 14.1. The average molecular weight is 299 g/mol. The molecule has 0 radical (unpaired) electrons. The molecule has 1 fully saturated rings. The molecule has 0 bridgehead atoms. The lowest BCUT2D eigenvalue weighted by Crippen LogP contribution is -2.42. The molecule has 1 aliphatic heterocycles. The zero-order chi connectivity index (χ0) is 15.5. The number of piperidine rings is 1. The van der Waals surface area contributed by atoms with Crippen molar-refractivity contribution >= 4 is 6.09 Å². The number of hydrogen-bond donors (Lipinski definition) is 0. The Morgan fingerprint density at radius 3 is 2.62 bits per heavy atom. The molecule has 4 nitrogen and oxygen atoms in total. The molecule has 4 heteroatoms. The maximum absolute atomic E-state index is 12.0. The van der Waals surface area contributed by atoms with E-state index < -0.39 is 0 Å². The molecule has 0 aromatic heterocycles. The number of hydrogen-bond acceptors (Lipinski definition) is 3. The molecular formula is C17H33NO3. The van der Waals surface area contributed by atoms with E-state index in [2.05, 4.69) is 20.8 Å². The van der Waals surface area contributed by atoms with Crippen LogP contribution in [0.4, 0.5) is 4.79 Å². The molecule has 1 saturated heterocycles. The second-order valence-corrected chi connectivity index (χ2v) is 6.22. The van der Waals surface area contributed by atoms with Crippen LogP contribution in [0.3, 0.4) is 0 Å². The molecule has 124 valence electrons. The van der Waals surface area contributed by atoms with Crippen LogP contribution in [0.1, 0.15) is 85.0 Å². The lowest BCUT2D eigenvalue weighted by atomic mass is 10.0. The van der Waals surface area contributed by atoms with Gasteiger partial charge in [-0.25, -0.2) is 4.79 Å². The van der Waals surface area contributed by atoms with Crippen molar-refractivity contribution in [1.29, 1.82) is 0 Å². The molecule has 1 aliphatic rings. The van der Waals surface area contributed by atoms with Gasteiger partial charge in [0.15, 0.2) is 0 Å². The van der Waals surface area contributed by atoms with Gasteiger partial charge in [0, 0.05) is 12.6 Å². The molecule has 1 amide bonds. The van der Waals surface area contributed by atoms with E-state index in [1.807, 2.05) is 0 Å². The predicted octanol–water partition coefficient (Wildman–Crippen LogP) is 5.07. The maximum atomic E-state index is 12.0. The number of rotatable bonds is 9. The Kier molecular flexibility index (Phi) is 9.48. The van der Waals surface area contributed by atoms with Gasteiger partial charge in [-0.15, -0.1) is 0 Å². The van der Waals surface area contributed by atoms with Crippen LogP contribution in [0.2, 0.25) is 0 Å². The summed E-state index contributed by atoms with van der Waals surface area (Å²) < 4.78 is 0. The summed E-state index contributed by atoms with van der Waals surface area (Å²) in [6.45, 7) is 7.16. The first-order valence-corrected chi connectivity index (χ1v) is 8.82. The van der Waals surface area contributed by atoms with Crippen molar-refractivity contribution in [2.75, 3.05) is 6.54 Å². The van der Waals surface area contributed by atoms with Crippen molar-refractivity contribution in [2.24, 2.45) is 0 Å². The lowest BCUT2D eigenvalue weighted by Gasteiger charge is -2.32. The Labute approximate surface area is 130 Å². The third-order valence-corrected chi connectivity index (χ3v) is 4.38. The molecule has 0 saturated carbocycles. The molecule has 1 rings (SSSR count). The third kappa shape index (κ3) is 7.16. The predicted molar refractivity (Wildman–Crippen MR) is 85.0 cm³/mol. The fourth-order valence-electron chi connectivity index (χ4n) is 2.82. The SMILES string of the molecule is CCCCCCCC(CC)OOC(=O)N1CCCCC1C. The molecule has 0 aromatic carbocycles. The van der Waals surface area contributed by atoms with Gasteiger partial charge in [0.2, 0.25) is 0 Å². The van der Waals surface area contributed by atoms with Crippen LogP contribution in [0.5, 0.6) is 0 Å². The first kappa shape index (κ1) is 18.3. The monoisotopic (exact) mass is 299 g/mol. The quantitative estimate of drug-likeness (QED) is 0.339. The summed E-state index contributed by atoms with van der Waals surface area (Å²) in [6.07, 6.45) is 11.2. The lowest BCUT2D eigenvalue weighted by molar-refractivity contribution is -0.282. The molecule has 0 N–H and O–H groups in total. The number of unbranched alkanes of at least 4 members (excludes halogenated alkanes) is 4. The van der Waals surface area contributed by atoms with Gasteiger partial charge in [0.05, 0.1) is 0 Å². The molecule has 1 heterocycles. The fourth-order valence-corrected chi connectivity index (χ4v) is 2.82. The Morgan fingerprint density at radius 1 is 1.19 bits per heavy atom. The Hall–Kier alpha value is -0.770. The summed E-state index contributed by atoms with van der Waals surface area (Å²) in [5, 5.41) is 0. The van der Waals surface area contributed by atoms with E-state index in [-0.39, 0.29) is 18.2 Å². The highest BCUT2D eigenvalue weighted by Gasteiger charge is 2.25. The van der Waals surface area contributed by atoms with E-state index in [0.29, 0.717) is 0 Å². The van der Waals surface area contributed by atoms with Crippen LogP contribution in [-0.2, 0) is 9.78 Å². The molecule has 0 aliphatic carbocycles. The highest BCUT2D eigenvalue weighted by Crippen LogP contribution is 2.18. The summed E-state index contributed by atoms with van der Waals surface area (Å²) in [7, 11) is 0. The van der Waals surface area contributed by atoms with Crippen molar-refractivity contribution in [1.82, 2.24) is 4.90 Å². The fraction of sp³-hybridized carbons (Fsp3) is 0.941. The third-order valence-electron chi connectivity index (χ3n) is 4.38. The van der Waals surface area contributed by atoms with Gasteiger partial charge < -0.3 is 4.90 Å². The van der Waals surface area contributed by atoms with Crippen LogP contribution >= 0.6 is 0 Å². The molecular weight excluding hydrogens is 266 g/mol. The minimum absolute atomic E-state index is 0.0377. The topological polar surface area (TPSA) is 38.8 Å². The second-order valence-electron chi connectivity index (χ2n) is 6.22. The van der Waals surface area contributed by atoms with Crippen molar-refractivity contribution in [3.05, 3.63) is 0 Å². The summed E-state index contributed by atoms with van der Waals surface area (Å²) in [4.78, 5) is 24.3. The van der Waals surface area contributed by atoms with E-state index >= 15 is 0 Å². The van der Waals surface area contributed by atoms with Crippen molar-refractivity contribution in [3.63, 3.8) is 0 Å².